The Balaban J connectivity index is 1.43. The van der Waals surface area contributed by atoms with E-state index in [1.165, 1.54) is 14.2 Å². The van der Waals surface area contributed by atoms with Crippen LogP contribution in [0.25, 0.3) is 0 Å². The summed E-state index contributed by atoms with van der Waals surface area (Å²) in [4.78, 5) is 26.9. The summed E-state index contributed by atoms with van der Waals surface area (Å²) in [6.45, 7) is 7.20. The monoisotopic (exact) mass is 580 g/mol. The molecule has 2 aromatic carbocycles. The van der Waals surface area contributed by atoms with Gasteiger partial charge in [-0.15, -0.1) is 10.3 Å². The lowest BCUT2D eigenvalue weighted by Gasteiger charge is -2.39. The van der Waals surface area contributed by atoms with E-state index in [4.69, 9.17) is 23.7 Å². The van der Waals surface area contributed by atoms with Crippen molar-refractivity contribution < 1.29 is 43.6 Å². The zero-order chi connectivity index (χ0) is 30.1. The van der Waals surface area contributed by atoms with Gasteiger partial charge in [0.15, 0.2) is 23.0 Å². The van der Waals surface area contributed by atoms with Crippen molar-refractivity contribution in [3.05, 3.63) is 52.7 Å². The molecule has 3 heterocycles. The Morgan fingerprint density at radius 1 is 1.00 bits per heavy atom. The van der Waals surface area contributed by atoms with Gasteiger partial charge in [-0.3, -0.25) is 4.79 Å². The molecule has 3 N–H and O–H groups in total. The lowest BCUT2D eigenvalue weighted by atomic mass is 9.65. The van der Waals surface area contributed by atoms with E-state index in [9.17, 15) is 19.9 Å². The topological polar surface area (TPSA) is 148 Å². The lowest BCUT2D eigenvalue weighted by molar-refractivity contribution is -0.239. The Morgan fingerprint density at radius 3 is 2.19 bits per heavy atom. The number of hydrogen-bond acceptors (Lipinski definition) is 9. The summed E-state index contributed by atoms with van der Waals surface area (Å²) >= 11 is 0. The molecule has 4 aliphatic rings. The van der Waals surface area contributed by atoms with E-state index in [1.807, 2.05) is 12.1 Å². The van der Waals surface area contributed by atoms with E-state index in [0.717, 1.165) is 16.2 Å². The molecular formula is C30H34N3O9. The number of benzene rings is 2. The number of nitrogens with zero attached hydrogens (tertiary/aromatic N) is 1. The standard InChI is InChI=1S/C30H34N3O9/c1-29(2)11-22(30(3,4)33(29)37)31-28(36)32-25-16-10-19-18(41-13-42-19)9-15(16)23(24-17(25)12-40-27(24)35)14-7-20(38-5)26(34)21(8-14)39-6/h7-11,17,23-25,34H,12-13H2,1-6H3,(H2,31,32,36)/t17-,23+,24-,25+/m0/s1. The Bertz CT molecular complexity index is 1480. The number of cyclic esters (lactones) is 1. The Morgan fingerprint density at radius 2 is 1.62 bits per heavy atom. The first kappa shape index (κ1) is 28.0. The third-order valence-electron chi connectivity index (χ3n) is 8.77. The van der Waals surface area contributed by atoms with Gasteiger partial charge in [0, 0.05) is 17.5 Å². The summed E-state index contributed by atoms with van der Waals surface area (Å²) in [5.74, 6) is -0.802. The van der Waals surface area contributed by atoms with E-state index >= 15 is 0 Å². The van der Waals surface area contributed by atoms with Gasteiger partial charge in [-0.25, -0.2) is 4.79 Å². The minimum absolute atomic E-state index is 0.0436. The smallest absolute Gasteiger partial charge is 0.319 e. The van der Waals surface area contributed by atoms with Gasteiger partial charge in [0.05, 0.1) is 43.9 Å². The molecule has 12 heteroatoms. The number of phenolic OH excluding ortho intramolecular Hbond substituents is 1. The van der Waals surface area contributed by atoms with Crippen LogP contribution in [0.5, 0.6) is 28.7 Å². The second-order valence-electron chi connectivity index (χ2n) is 12.0. The maximum Gasteiger partial charge on any atom is 0.319 e. The Labute approximate surface area is 243 Å². The average Bonchev–Trinajstić information content (AvgIpc) is 3.60. The van der Waals surface area contributed by atoms with Crippen LogP contribution in [0.3, 0.4) is 0 Å². The minimum Gasteiger partial charge on any atom is -0.502 e. The molecule has 42 heavy (non-hydrogen) atoms. The van der Waals surface area contributed by atoms with Crippen LogP contribution in [0.2, 0.25) is 0 Å². The molecule has 0 bridgehead atoms. The maximum atomic E-state index is 13.5. The number of urea groups is 1. The molecule has 6 rings (SSSR count). The van der Waals surface area contributed by atoms with Crippen molar-refractivity contribution in [2.75, 3.05) is 27.6 Å². The van der Waals surface area contributed by atoms with Crippen molar-refractivity contribution in [2.24, 2.45) is 11.8 Å². The van der Waals surface area contributed by atoms with Crippen molar-refractivity contribution in [3.63, 3.8) is 0 Å². The first-order chi connectivity index (χ1) is 19.9. The molecule has 1 radical (unpaired) electrons. The summed E-state index contributed by atoms with van der Waals surface area (Å²) < 4.78 is 27.8. The number of esters is 1. The SMILES string of the molecule is COc1cc([C@@H]2c3cc4c(cc3[C@@H](NC(=O)NC3=CC(C)(C)N([O])C3(C)C)[C@H]3COC(=O)[C@H]23)OCO4)cc(OC)c1O. The van der Waals surface area contributed by atoms with Crippen LogP contribution >= 0.6 is 0 Å². The van der Waals surface area contributed by atoms with Crippen LogP contribution in [-0.4, -0.2) is 60.9 Å². The number of aromatic hydroxyl groups is 1. The highest BCUT2D eigenvalue weighted by Crippen LogP contribution is 2.55. The van der Waals surface area contributed by atoms with Gasteiger partial charge in [0.1, 0.15) is 0 Å². The number of nitrogens with one attached hydrogen (secondary N) is 2. The second-order valence-corrected chi connectivity index (χ2v) is 12.0. The van der Waals surface area contributed by atoms with Gasteiger partial charge in [-0.1, -0.05) is 0 Å². The molecule has 0 unspecified atom stereocenters. The Kier molecular flexibility index (Phi) is 6.46. The predicted octanol–water partition coefficient (Wildman–Crippen LogP) is 3.52. The first-order valence-electron chi connectivity index (χ1n) is 13.7. The van der Waals surface area contributed by atoms with Crippen molar-refractivity contribution in [1.29, 1.82) is 0 Å². The molecule has 1 fully saturated rings. The van der Waals surface area contributed by atoms with Crippen molar-refractivity contribution >= 4 is 12.0 Å². The quantitative estimate of drug-likeness (QED) is 0.452. The van der Waals surface area contributed by atoms with Gasteiger partial charge < -0.3 is 39.4 Å². The van der Waals surface area contributed by atoms with Crippen molar-refractivity contribution in [1.82, 2.24) is 15.7 Å². The van der Waals surface area contributed by atoms with Crippen LogP contribution in [0.4, 0.5) is 4.79 Å². The fourth-order valence-electron chi connectivity index (χ4n) is 6.75. The summed E-state index contributed by atoms with van der Waals surface area (Å²) in [7, 11) is 2.87. The van der Waals surface area contributed by atoms with Crippen LogP contribution in [0.1, 0.15) is 56.3 Å². The third-order valence-corrected chi connectivity index (χ3v) is 8.77. The highest BCUT2D eigenvalue weighted by molar-refractivity contribution is 5.81. The average molecular weight is 581 g/mol. The number of hydrogen-bond donors (Lipinski definition) is 3. The molecule has 3 aliphatic heterocycles. The molecular weight excluding hydrogens is 546 g/mol. The van der Waals surface area contributed by atoms with Crippen LogP contribution in [0.15, 0.2) is 36.0 Å². The molecule has 0 aromatic heterocycles. The first-order valence-corrected chi connectivity index (χ1v) is 13.7. The number of carbonyl (C=O) groups is 2. The van der Waals surface area contributed by atoms with E-state index in [-0.39, 0.29) is 30.6 Å². The number of hydroxylamine groups is 2. The van der Waals surface area contributed by atoms with E-state index < -0.39 is 46.9 Å². The predicted molar refractivity (Wildman–Crippen MR) is 147 cm³/mol. The number of ether oxygens (including phenoxy) is 5. The van der Waals surface area contributed by atoms with Gasteiger partial charge in [0.2, 0.25) is 12.5 Å². The molecule has 1 aliphatic carbocycles. The van der Waals surface area contributed by atoms with E-state index in [0.29, 0.717) is 22.8 Å². The van der Waals surface area contributed by atoms with Gasteiger partial charge in [0.25, 0.3) is 0 Å². The normalized spacial score (nSPS) is 26.5. The zero-order valence-corrected chi connectivity index (χ0v) is 24.3. The van der Waals surface area contributed by atoms with Crippen molar-refractivity contribution in [3.8, 4) is 28.7 Å². The van der Waals surface area contributed by atoms with Crippen LogP contribution < -0.4 is 29.6 Å². The molecule has 1 saturated heterocycles. The zero-order valence-electron chi connectivity index (χ0n) is 24.3. The molecule has 0 spiro atoms. The number of amides is 2. The molecule has 4 atom stereocenters. The van der Waals surface area contributed by atoms with Gasteiger partial charge in [-0.05, 0) is 74.7 Å². The number of phenols is 1. The number of fused-ring (bicyclic) bond motifs is 3. The molecule has 2 amide bonds. The summed E-state index contributed by atoms with van der Waals surface area (Å²) in [6.07, 6.45) is 1.75. The summed E-state index contributed by atoms with van der Waals surface area (Å²) in [5, 5.41) is 30.3. The molecule has 12 nitrogen and oxygen atoms in total. The van der Waals surface area contributed by atoms with Gasteiger partial charge >= 0.3 is 12.0 Å². The number of methoxy groups -OCH3 is 2. The lowest BCUT2D eigenvalue weighted by Crippen LogP contribution is -2.51. The molecule has 2 aromatic rings. The highest BCUT2D eigenvalue weighted by atomic mass is 16.7. The van der Waals surface area contributed by atoms with Crippen LogP contribution in [0, 0.1) is 11.8 Å². The maximum absolute atomic E-state index is 13.5. The number of carbonyl (C=O) groups excluding carboxylic acids is 2. The minimum atomic E-state index is -0.950. The summed E-state index contributed by atoms with van der Waals surface area (Å²) in [5.41, 5.74) is 0.862. The summed E-state index contributed by atoms with van der Waals surface area (Å²) in [6, 6.07) is 5.84. The second kappa shape index (κ2) is 9.70. The van der Waals surface area contributed by atoms with E-state index in [1.54, 1.807) is 45.9 Å². The third kappa shape index (κ3) is 4.19. The Hall–Kier alpha value is -4.16. The highest BCUT2D eigenvalue weighted by Gasteiger charge is 2.53. The fraction of sp³-hybridized carbons (Fsp3) is 0.467. The largest absolute Gasteiger partial charge is 0.502 e. The van der Waals surface area contributed by atoms with E-state index in [2.05, 4.69) is 10.6 Å². The molecule has 0 saturated carbocycles. The molecule has 223 valence electrons. The van der Waals surface area contributed by atoms with Crippen LogP contribution in [-0.2, 0) is 14.7 Å². The fourth-order valence-corrected chi connectivity index (χ4v) is 6.75. The number of rotatable bonds is 5. The van der Waals surface area contributed by atoms with Gasteiger partial charge in [-0.2, -0.15) is 0 Å². The van der Waals surface area contributed by atoms with Crippen molar-refractivity contribution in [2.45, 2.75) is 50.7 Å².